The van der Waals surface area contributed by atoms with Crippen LogP contribution in [-0.2, 0) is 4.79 Å². The van der Waals surface area contributed by atoms with Crippen LogP contribution in [0.5, 0.6) is 0 Å². The van der Waals surface area contributed by atoms with Crippen molar-refractivity contribution in [3.05, 3.63) is 38.7 Å². The summed E-state index contributed by atoms with van der Waals surface area (Å²) in [5.41, 5.74) is 0.667. The number of thioether (sulfide) groups is 1. The van der Waals surface area contributed by atoms with E-state index in [0.717, 1.165) is 11.8 Å². The molecule has 0 atom stereocenters. The second kappa shape index (κ2) is 5.57. The smallest absolute Gasteiger partial charge is 0.268 e. The monoisotopic (exact) mass is 315 g/mol. The maximum Gasteiger partial charge on any atom is 0.293 e. The zero-order valence-corrected chi connectivity index (χ0v) is 12.6. The highest BCUT2D eigenvalue weighted by Gasteiger charge is 2.36. The minimum Gasteiger partial charge on any atom is -0.268 e. The lowest BCUT2D eigenvalue weighted by Gasteiger charge is -2.16. The Morgan fingerprint density at radius 1 is 1.26 bits per heavy atom. The molecule has 19 heavy (non-hydrogen) atoms. The lowest BCUT2D eigenvalue weighted by Crippen LogP contribution is -2.34. The number of amides is 2. The first-order chi connectivity index (χ1) is 8.90. The fourth-order valence-electron chi connectivity index (χ4n) is 1.68. The molecule has 1 aromatic carbocycles. The average molecular weight is 316 g/mol. The van der Waals surface area contributed by atoms with Gasteiger partial charge in [-0.2, -0.15) is 0 Å². The van der Waals surface area contributed by atoms with Crippen molar-refractivity contribution in [1.82, 2.24) is 4.90 Å². The molecule has 0 radical (unpaired) electrons. The summed E-state index contributed by atoms with van der Waals surface area (Å²) in [6, 6.07) is 4.85. The molecule has 0 aliphatic carbocycles. The minimum absolute atomic E-state index is 0.154. The van der Waals surface area contributed by atoms with E-state index in [1.54, 1.807) is 38.1 Å². The van der Waals surface area contributed by atoms with Crippen LogP contribution in [-0.4, -0.2) is 22.1 Å². The highest BCUT2D eigenvalue weighted by atomic mass is 35.5. The number of carbonyl (C=O) groups excluding carboxylic acids is 2. The molecule has 1 heterocycles. The van der Waals surface area contributed by atoms with Gasteiger partial charge in [0.05, 0.1) is 4.91 Å². The predicted molar refractivity (Wildman–Crippen MR) is 79.4 cm³/mol. The lowest BCUT2D eigenvalue weighted by molar-refractivity contribution is -0.123. The number of imide groups is 1. The third kappa shape index (κ3) is 2.96. The molecule has 1 aliphatic rings. The average Bonchev–Trinajstić information content (AvgIpc) is 2.58. The Bertz CT molecular complexity index is 584. The Labute approximate surface area is 125 Å². The van der Waals surface area contributed by atoms with Crippen molar-refractivity contribution in [1.29, 1.82) is 0 Å². The van der Waals surface area contributed by atoms with E-state index in [2.05, 4.69) is 0 Å². The molecular formula is C13H11Cl2NO2S. The molecule has 2 rings (SSSR count). The Hall–Kier alpha value is -0.970. The quantitative estimate of drug-likeness (QED) is 0.757. The van der Waals surface area contributed by atoms with E-state index in [0.29, 0.717) is 20.5 Å². The van der Waals surface area contributed by atoms with Crippen LogP contribution < -0.4 is 0 Å². The predicted octanol–water partition coefficient (Wildman–Crippen LogP) is 4.44. The molecule has 0 spiro atoms. The van der Waals surface area contributed by atoms with E-state index >= 15 is 0 Å². The minimum atomic E-state index is -0.281. The van der Waals surface area contributed by atoms with Crippen molar-refractivity contribution in [2.45, 2.75) is 19.9 Å². The summed E-state index contributed by atoms with van der Waals surface area (Å²) in [7, 11) is 0. The SMILES string of the molecule is CC(C)N1C(=O)S/C(=C\c2ccc(Cl)cc2Cl)C1=O. The van der Waals surface area contributed by atoms with E-state index in [1.165, 1.54) is 4.90 Å². The van der Waals surface area contributed by atoms with Crippen molar-refractivity contribution >= 4 is 52.2 Å². The number of halogens is 2. The van der Waals surface area contributed by atoms with Gasteiger partial charge in [-0.25, -0.2) is 0 Å². The van der Waals surface area contributed by atoms with Gasteiger partial charge in [0, 0.05) is 16.1 Å². The fourth-order valence-corrected chi connectivity index (χ4v) is 3.10. The molecule has 1 saturated heterocycles. The standard InChI is InChI=1S/C13H11Cl2NO2S/c1-7(2)16-12(17)11(19-13(16)18)5-8-3-4-9(14)6-10(8)15/h3-7H,1-2H3/b11-5-. The van der Waals surface area contributed by atoms with Crippen LogP contribution in [0.4, 0.5) is 4.79 Å². The number of rotatable bonds is 2. The molecule has 1 aliphatic heterocycles. The zero-order chi connectivity index (χ0) is 14.2. The molecule has 0 aromatic heterocycles. The van der Waals surface area contributed by atoms with Crippen LogP contribution in [0.25, 0.3) is 6.08 Å². The molecule has 3 nitrogen and oxygen atoms in total. The summed E-state index contributed by atoms with van der Waals surface area (Å²) in [4.78, 5) is 25.4. The Kier molecular flexibility index (Phi) is 4.23. The molecule has 100 valence electrons. The number of nitrogens with zero attached hydrogens (tertiary/aromatic N) is 1. The van der Waals surface area contributed by atoms with Gasteiger partial charge >= 0.3 is 0 Å². The van der Waals surface area contributed by atoms with Gasteiger partial charge in [0.25, 0.3) is 11.1 Å². The third-order valence-corrected chi connectivity index (χ3v) is 4.04. The van der Waals surface area contributed by atoms with Crippen molar-refractivity contribution in [2.24, 2.45) is 0 Å². The number of benzene rings is 1. The van der Waals surface area contributed by atoms with Gasteiger partial charge in [0.1, 0.15) is 0 Å². The van der Waals surface area contributed by atoms with Crippen LogP contribution in [0.2, 0.25) is 10.0 Å². The third-order valence-electron chi connectivity index (χ3n) is 2.59. The van der Waals surface area contributed by atoms with Crippen molar-refractivity contribution in [3.63, 3.8) is 0 Å². The van der Waals surface area contributed by atoms with E-state index in [1.807, 2.05) is 0 Å². The molecule has 0 saturated carbocycles. The van der Waals surface area contributed by atoms with Gasteiger partial charge in [-0.3, -0.25) is 14.5 Å². The van der Waals surface area contributed by atoms with E-state index in [4.69, 9.17) is 23.2 Å². The Morgan fingerprint density at radius 3 is 2.47 bits per heavy atom. The second-order valence-corrected chi connectivity index (χ2v) is 6.15. The van der Waals surface area contributed by atoms with Gasteiger partial charge in [0.2, 0.25) is 0 Å². The van der Waals surface area contributed by atoms with Gasteiger partial charge < -0.3 is 0 Å². The van der Waals surface area contributed by atoms with E-state index < -0.39 is 0 Å². The summed E-state index contributed by atoms with van der Waals surface area (Å²) < 4.78 is 0. The topological polar surface area (TPSA) is 37.4 Å². The highest BCUT2D eigenvalue weighted by Crippen LogP contribution is 2.34. The summed E-state index contributed by atoms with van der Waals surface area (Å²) in [6.45, 7) is 3.60. The molecule has 1 fully saturated rings. The van der Waals surface area contributed by atoms with Crippen LogP contribution in [0.3, 0.4) is 0 Å². The highest BCUT2D eigenvalue weighted by molar-refractivity contribution is 8.18. The molecule has 6 heteroatoms. The summed E-state index contributed by atoms with van der Waals surface area (Å²) in [5.74, 6) is -0.281. The first kappa shape index (κ1) is 14.4. The maximum absolute atomic E-state index is 12.1. The zero-order valence-electron chi connectivity index (χ0n) is 10.3. The van der Waals surface area contributed by atoms with Crippen molar-refractivity contribution in [3.8, 4) is 0 Å². The van der Waals surface area contributed by atoms with E-state index in [-0.39, 0.29) is 17.2 Å². The van der Waals surface area contributed by atoms with Crippen LogP contribution in [0.1, 0.15) is 19.4 Å². The second-order valence-electron chi connectivity index (χ2n) is 4.31. The fraction of sp³-hybridized carbons (Fsp3) is 0.231. The molecule has 1 aromatic rings. The maximum atomic E-state index is 12.1. The van der Waals surface area contributed by atoms with Crippen LogP contribution in [0, 0.1) is 0 Å². The first-order valence-corrected chi connectivity index (χ1v) is 7.19. The Morgan fingerprint density at radius 2 is 1.95 bits per heavy atom. The summed E-state index contributed by atoms with van der Waals surface area (Å²) >= 11 is 12.8. The molecule has 2 amide bonds. The Balaban J connectivity index is 2.35. The van der Waals surface area contributed by atoms with Crippen LogP contribution >= 0.6 is 35.0 Å². The first-order valence-electron chi connectivity index (χ1n) is 5.62. The van der Waals surface area contributed by atoms with Gasteiger partial charge in [-0.15, -0.1) is 0 Å². The van der Waals surface area contributed by atoms with Gasteiger partial charge in [-0.1, -0.05) is 29.3 Å². The van der Waals surface area contributed by atoms with E-state index in [9.17, 15) is 9.59 Å². The number of carbonyl (C=O) groups is 2. The molecule has 0 unspecified atom stereocenters. The number of hydrogen-bond acceptors (Lipinski definition) is 3. The molecular weight excluding hydrogens is 305 g/mol. The van der Waals surface area contributed by atoms with Crippen LogP contribution in [0.15, 0.2) is 23.1 Å². The largest absolute Gasteiger partial charge is 0.293 e. The normalized spacial score (nSPS) is 17.9. The summed E-state index contributed by atoms with van der Waals surface area (Å²) in [6.07, 6.45) is 1.62. The van der Waals surface area contributed by atoms with Gasteiger partial charge in [0.15, 0.2) is 0 Å². The lowest BCUT2D eigenvalue weighted by atomic mass is 10.2. The number of hydrogen-bond donors (Lipinski definition) is 0. The molecule has 0 bridgehead atoms. The molecule has 0 N–H and O–H groups in total. The summed E-state index contributed by atoms with van der Waals surface area (Å²) in [5, 5.41) is 0.720. The van der Waals surface area contributed by atoms with Crippen molar-refractivity contribution < 1.29 is 9.59 Å². The van der Waals surface area contributed by atoms with Crippen molar-refractivity contribution in [2.75, 3.05) is 0 Å². The van der Waals surface area contributed by atoms with Gasteiger partial charge in [-0.05, 0) is 49.4 Å².